The minimum Gasteiger partial charge on any atom is -2.00 e. The Morgan fingerprint density at radius 2 is 0.455 bits per heavy atom. The second kappa shape index (κ2) is 88.2. The molecule has 66 valence electrons. The molecule has 0 aliphatic carbocycles. The molecule has 0 spiro atoms. The Morgan fingerprint density at radius 1 is 0.455 bits per heavy atom. The van der Waals surface area contributed by atoms with E-state index in [1.54, 1.807) is 0 Å². The third-order valence-electron chi connectivity index (χ3n) is 0. The van der Waals surface area contributed by atoms with Crippen molar-refractivity contribution in [1.82, 2.24) is 0 Å². The Labute approximate surface area is 257 Å². The zero-order valence-electron chi connectivity index (χ0n) is 13.8. The second-order valence-electron chi connectivity index (χ2n) is 0. The Kier molecular flexibility index (Phi) is 844. The molecular weight excluding hydrogens is 632 g/mol. The third-order valence-corrected chi connectivity index (χ3v) is 0. The Bertz CT molecular complexity index is 39.1. The van der Waals surface area contributed by atoms with E-state index in [-0.39, 0.29) is 265 Å². The largest absolute Gasteiger partial charge is 2.00 e. The Hall–Kier alpha value is 7.07. The average molecular weight is 640 g/mol. The van der Waals surface area contributed by atoms with Crippen molar-refractivity contribution in [1.29, 1.82) is 0 Å². The Morgan fingerprint density at radius 3 is 0.455 bits per heavy atom. The van der Waals surface area contributed by atoms with Crippen LogP contribution in [0.15, 0.2) is 0 Å². The number of hydrogen-bond donors (Lipinski definition) is 0. The fraction of sp³-hybridized carbons (Fsp3) is 0. The molecule has 0 rings (SSSR count). The van der Waals surface area contributed by atoms with E-state index in [9.17, 15) is 0 Å². The molecule has 0 heterocycles. The van der Waals surface area contributed by atoms with E-state index in [0.29, 0.717) is 0 Å². The normalized spacial score (nSPS) is 0. The van der Waals surface area contributed by atoms with Gasteiger partial charge in [-0.15, -0.1) is 0 Å². The zero-order valence-corrected chi connectivity index (χ0v) is 24.4. The fourth-order valence-corrected chi connectivity index (χ4v) is 0. The SMILES string of the molecule is [Ba+2].[Ba+2].[H-].[H-].[H-].[H-].[H-].[H-].[H-].[H-].[O-2].[O-2].[O-2].[O-2].[O-2].[Sr+2].[Sr+2].[V].[V]. The van der Waals surface area contributed by atoms with Crippen LogP contribution in [-0.2, 0) is 64.5 Å². The van der Waals surface area contributed by atoms with Crippen molar-refractivity contribution in [3.8, 4) is 0 Å². The molecule has 0 saturated carbocycles. The topological polar surface area (TPSA) is 142 Å². The van der Waals surface area contributed by atoms with Gasteiger partial charge >= 0.3 is 189 Å². The summed E-state index contributed by atoms with van der Waals surface area (Å²) in [6.07, 6.45) is 0. The van der Waals surface area contributed by atoms with Gasteiger partial charge < -0.3 is 38.8 Å². The van der Waals surface area contributed by atoms with Crippen molar-refractivity contribution in [2.75, 3.05) is 0 Å². The maximum Gasteiger partial charge on any atom is 2.00 e. The summed E-state index contributed by atoms with van der Waals surface area (Å²) in [6, 6.07) is 0. The van der Waals surface area contributed by atoms with Gasteiger partial charge in [-0.25, -0.2) is 0 Å². The maximum atomic E-state index is 0. The first-order valence-corrected chi connectivity index (χ1v) is 0. The van der Waals surface area contributed by atoms with E-state index in [2.05, 4.69) is 0 Å². The molecule has 5 nitrogen and oxygen atoms in total. The second-order valence-corrected chi connectivity index (χ2v) is 0. The van der Waals surface area contributed by atoms with Gasteiger partial charge in [-0.1, -0.05) is 0 Å². The summed E-state index contributed by atoms with van der Waals surface area (Å²) in [7, 11) is 0. The van der Waals surface area contributed by atoms with Crippen molar-refractivity contribution in [2.24, 2.45) is 0 Å². The van der Waals surface area contributed by atoms with Gasteiger partial charge in [0.15, 0.2) is 0 Å². The zero-order chi connectivity index (χ0) is 0. The minimum atomic E-state index is 0. The third kappa shape index (κ3) is 77.5. The van der Waals surface area contributed by atoms with E-state index < -0.39 is 0 Å². The molecule has 0 unspecified atom stereocenters. The van der Waals surface area contributed by atoms with Crippen LogP contribution in [0, 0.1) is 0 Å². The smallest absolute Gasteiger partial charge is 2.00 e. The van der Waals surface area contributed by atoms with Gasteiger partial charge in [0, 0.05) is 37.1 Å². The minimum absolute atomic E-state index is 0. The van der Waals surface area contributed by atoms with Gasteiger partial charge in [0.2, 0.25) is 0 Å². The summed E-state index contributed by atoms with van der Waals surface area (Å²) in [5.74, 6) is 0. The van der Waals surface area contributed by atoms with Crippen LogP contribution >= 0.6 is 0 Å². The molecule has 0 aromatic carbocycles. The summed E-state index contributed by atoms with van der Waals surface area (Å²) < 4.78 is 0. The molecule has 0 bridgehead atoms. The molecular formula is H8Ba2O5Sr2V2-10. The summed E-state index contributed by atoms with van der Waals surface area (Å²) in [4.78, 5) is 0. The van der Waals surface area contributed by atoms with Crippen LogP contribution in [0.3, 0.4) is 0 Å². The summed E-state index contributed by atoms with van der Waals surface area (Å²) in [5.41, 5.74) is 0. The molecule has 11 heavy (non-hydrogen) atoms. The quantitative estimate of drug-likeness (QED) is 0.293. The van der Waals surface area contributed by atoms with Crippen LogP contribution < -0.4 is 0 Å². The van der Waals surface area contributed by atoms with Gasteiger partial charge in [0.25, 0.3) is 0 Å². The first-order chi connectivity index (χ1) is 0. The maximum absolute atomic E-state index is 0. The van der Waals surface area contributed by atoms with Crippen molar-refractivity contribution in [3.63, 3.8) is 0 Å². The van der Waals surface area contributed by atoms with Crippen LogP contribution in [0.5, 0.6) is 0 Å². The van der Waals surface area contributed by atoms with Crippen molar-refractivity contribution in [3.05, 3.63) is 0 Å². The first kappa shape index (κ1) is 105. The predicted octanol–water partition coefficient (Wildman–Crippen LogP) is -1.22. The predicted molar refractivity (Wildman–Crippen MR) is 35.3 cm³/mol. The van der Waals surface area contributed by atoms with Crippen molar-refractivity contribution >= 4 is 189 Å². The van der Waals surface area contributed by atoms with E-state index in [1.165, 1.54) is 0 Å². The molecule has 0 aliphatic rings. The van der Waals surface area contributed by atoms with Crippen LogP contribution in [0.2, 0.25) is 0 Å². The molecule has 0 atom stereocenters. The summed E-state index contributed by atoms with van der Waals surface area (Å²) in [5, 5.41) is 0. The summed E-state index contributed by atoms with van der Waals surface area (Å²) in [6.45, 7) is 0. The molecule has 0 aromatic heterocycles. The first-order valence-electron chi connectivity index (χ1n) is 0. The molecule has 0 aromatic rings. The van der Waals surface area contributed by atoms with E-state index in [0.717, 1.165) is 0 Å². The molecule has 11 heteroatoms. The van der Waals surface area contributed by atoms with Crippen LogP contribution in [0.4, 0.5) is 0 Å². The van der Waals surface area contributed by atoms with Gasteiger partial charge in [-0.05, 0) is 0 Å². The monoisotopic (exact) mass is 642 g/mol. The van der Waals surface area contributed by atoms with E-state index >= 15 is 0 Å². The van der Waals surface area contributed by atoms with Crippen LogP contribution in [0.25, 0.3) is 0 Å². The fourth-order valence-electron chi connectivity index (χ4n) is 0. The molecule has 0 N–H and O–H groups in total. The molecule has 0 aliphatic heterocycles. The molecule has 0 fully saturated rings. The Balaban J connectivity index is 0. The van der Waals surface area contributed by atoms with Crippen molar-refractivity contribution in [2.45, 2.75) is 0 Å². The molecule has 0 saturated heterocycles. The van der Waals surface area contributed by atoms with Gasteiger partial charge in [-0.3, -0.25) is 0 Å². The van der Waals surface area contributed by atoms with E-state index in [4.69, 9.17) is 0 Å². The van der Waals surface area contributed by atoms with Gasteiger partial charge in [-0.2, -0.15) is 0 Å². The van der Waals surface area contributed by atoms with Gasteiger partial charge in [0.05, 0.1) is 0 Å². The number of hydrogen-bond acceptors (Lipinski definition) is 0. The summed E-state index contributed by atoms with van der Waals surface area (Å²) >= 11 is 0. The van der Waals surface area contributed by atoms with Crippen LogP contribution in [0.1, 0.15) is 11.4 Å². The van der Waals surface area contributed by atoms with Crippen LogP contribution in [-0.4, -0.2) is 189 Å². The molecule has 0 amide bonds. The van der Waals surface area contributed by atoms with Gasteiger partial charge in [0.1, 0.15) is 0 Å². The van der Waals surface area contributed by atoms with Crippen molar-refractivity contribution < 1.29 is 75.9 Å². The average Bonchev–Trinajstić information content (AvgIpc) is 0. The molecule has 2 radical (unpaired) electrons. The van der Waals surface area contributed by atoms with E-state index in [1.807, 2.05) is 0 Å². The number of rotatable bonds is 0. The standard InChI is InChI=1S/2Ba.5O.2Sr.2V.8H/q2*+2;5*-2;2*+2;;;8*-1.